The maximum absolute atomic E-state index is 11.0. The van der Waals surface area contributed by atoms with E-state index < -0.39 is 13.7 Å². The molecule has 104 valence electrons. The fraction of sp³-hybridized carbons (Fsp3) is 0.333. The molecule has 0 amide bonds. The number of nitrogens with zero attached hydrogens (tertiary/aromatic N) is 3. The first kappa shape index (κ1) is 14.5. The first-order valence-corrected chi connectivity index (χ1v) is 10.0. The minimum atomic E-state index is -1.57. The molecule has 0 saturated heterocycles. The van der Waals surface area contributed by atoms with Crippen molar-refractivity contribution in [3.63, 3.8) is 0 Å². The molecule has 0 spiro atoms. The van der Waals surface area contributed by atoms with Gasteiger partial charge in [0.05, 0.1) is 6.54 Å². The third-order valence-electron chi connectivity index (χ3n) is 2.75. The quantitative estimate of drug-likeness (QED) is 0.693. The van der Waals surface area contributed by atoms with Gasteiger partial charge in [-0.1, -0.05) is 55.9 Å². The maximum Gasteiger partial charge on any atom is 0.169 e. The molecule has 1 aromatic heterocycles. The molecule has 2 aromatic rings. The molecule has 20 heavy (non-hydrogen) atoms. The van der Waals surface area contributed by atoms with Crippen LogP contribution in [-0.2, 0) is 12.1 Å². The van der Waals surface area contributed by atoms with Crippen molar-refractivity contribution in [1.29, 1.82) is 0 Å². The van der Waals surface area contributed by atoms with Crippen LogP contribution >= 0.6 is 0 Å². The molecule has 0 aliphatic rings. The summed E-state index contributed by atoms with van der Waals surface area (Å²) in [7, 11) is -1.57. The van der Waals surface area contributed by atoms with Gasteiger partial charge >= 0.3 is 0 Å². The summed E-state index contributed by atoms with van der Waals surface area (Å²) in [5.41, 5.74) is 2.79. The van der Waals surface area contributed by atoms with Gasteiger partial charge in [-0.3, -0.25) is 0 Å². The number of benzene rings is 1. The van der Waals surface area contributed by atoms with Crippen molar-refractivity contribution in [1.82, 2.24) is 14.8 Å². The third kappa shape index (κ3) is 3.79. The predicted molar refractivity (Wildman–Crippen MR) is 81.5 cm³/mol. The van der Waals surface area contributed by atoms with Crippen molar-refractivity contribution in [2.75, 3.05) is 0 Å². The third-order valence-corrected chi connectivity index (χ3v) is 3.63. The minimum absolute atomic E-state index is 0.272. The molecule has 0 fully saturated rings. The van der Waals surface area contributed by atoms with Gasteiger partial charge in [-0.25, -0.2) is 9.67 Å². The fourth-order valence-corrected chi connectivity index (χ4v) is 2.34. The molecular formula is C15H19N3OSi. The highest BCUT2D eigenvalue weighted by Gasteiger charge is 2.28. The number of aromatic nitrogens is 3. The number of hydrogen-bond donors (Lipinski definition) is 1. The lowest BCUT2D eigenvalue weighted by molar-refractivity contribution is 0.0760. The van der Waals surface area contributed by atoms with Crippen molar-refractivity contribution in [3.05, 3.63) is 48.5 Å². The highest BCUT2D eigenvalue weighted by atomic mass is 28.3. The maximum atomic E-state index is 11.0. The Kier molecular flexibility index (Phi) is 4.07. The molecule has 0 aliphatic heterocycles. The summed E-state index contributed by atoms with van der Waals surface area (Å²) in [5, 5.41) is 15.0. The lowest BCUT2D eigenvalue weighted by Gasteiger charge is -2.23. The molecule has 1 aromatic carbocycles. The molecule has 4 nitrogen and oxygen atoms in total. The highest BCUT2D eigenvalue weighted by Crippen LogP contribution is 2.22. The van der Waals surface area contributed by atoms with Gasteiger partial charge in [-0.2, -0.15) is 5.10 Å². The summed E-state index contributed by atoms with van der Waals surface area (Å²) in [6, 6.07) is 9.49. The van der Waals surface area contributed by atoms with Gasteiger partial charge in [0, 0.05) is 0 Å². The first-order valence-electron chi connectivity index (χ1n) is 6.54. The normalized spacial score (nSPS) is 14.2. The van der Waals surface area contributed by atoms with Gasteiger partial charge in [-0.15, -0.1) is 5.54 Å². The minimum Gasteiger partial charge on any atom is -0.372 e. The van der Waals surface area contributed by atoms with Crippen molar-refractivity contribution in [2.45, 2.75) is 31.8 Å². The number of rotatable bonds is 3. The van der Waals surface area contributed by atoms with Crippen LogP contribution in [0.2, 0.25) is 19.6 Å². The molecule has 0 aliphatic carbocycles. The van der Waals surface area contributed by atoms with Crippen LogP contribution in [-0.4, -0.2) is 27.9 Å². The summed E-state index contributed by atoms with van der Waals surface area (Å²) in [4.78, 5) is 3.91. The monoisotopic (exact) mass is 285 g/mol. The van der Waals surface area contributed by atoms with E-state index in [1.54, 1.807) is 11.0 Å². The Hall–Kier alpha value is -1.90. The number of hydrogen-bond acceptors (Lipinski definition) is 3. The molecule has 0 radical (unpaired) electrons. The fourth-order valence-electron chi connectivity index (χ4n) is 1.76. The van der Waals surface area contributed by atoms with Crippen LogP contribution in [0.25, 0.3) is 0 Å². The van der Waals surface area contributed by atoms with Gasteiger partial charge < -0.3 is 5.11 Å². The van der Waals surface area contributed by atoms with Gasteiger partial charge in [0.25, 0.3) is 0 Å². The standard InChI is InChI=1S/C15H19N3OSi/c1-20(2,3)10-9-15(19,11-18-13-16-12-17-18)14-7-5-4-6-8-14/h4-8,12-13,19H,11H2,1-3H3. The Labute approximate surface area is 120 Å². The summed E-state index contributed by atoms with van der Waals surface area (Å²) in [6.07, 6.45) is 3.04. The average molecular weight is 285 g/mol. The van der Waals surface area contributed by atoms with E-state index in [2.05, 4.69) is 41.2 Å². The van der Waals surface area contributed by atoms with Crippen LogP contribution in [0.4, 0.5) is 0 Å². The SMILES string of the molecule is C[Si](C)(C)C#CC(O)(Cn1cncn1)c1ccccc1. The van der Waals surface area contributed by atoms with Gasteiger partial charge in [0.15, 0.2) is 5.60 Å². The summed E-state index contributed by atoms with van der Waals surface area (Å²) in [5.74, 6) is 3.07. The van der Waals surface area contributed by atoms with E-state index in [0.29, 0.717) is 0 Å². The van der Waals surface area contributed by atoms with Crippen molar-refractivity contribution in [2.24, 2.45) is 0 Å². The molecule has 1 unspecified atom stereocenters. The van der Waals surface area contributed by atoms with E-state index in [0.717, 1.165) is 5.56 Å². The zero-order valence-corrected chi connectivity index (χ0v) is 13.0. The Morgan fingerprint density at radius 1 is 1.25 bits per heavy atom. The first-order chi connectivity index (χ1) is 9.39. The Bertz CT molecular complexity index is 608. The molecule has 0 saturated carbocycles. The molecule has 1 N–H and O–H groups in total. The molecule has 5 heteroatoms. The van der Waals surface area contributed by atoms with E-state index in [4.69, 9.17) is 0 Å². The topological polar surface area (TPSA) is 50.9 Å². The van der Waals surface area contributed by atoms with Crippen molar-refractivity contribution < 1.29 is 5.11 Å². The van der Waals surface area contributed by atoms with Crippen molar-refractivity contribution in [3.8, 4) is 11.5 Å². The van der Waals surface area contributed by atoms with Gasteiger partial charge in [-0.05, 0) is 5.56 Å². The second-order valence-electron chi connectivity index (χ2n) is 5.82. The Morgan fingerprint density at radius 3 is 2.50 bits per heavy atom. The summed E-state index contributed by atoms with van der Waals surface area (Å²) >= 11 is 0. The molecule has 2 rings (SSSR count). The zero-order valence-electron chi connectivity index (χ0n) is 12.0. The van der Waals surface area contributed by atoms with Crippen LogP contribution in [0.3, 0.4) is 0 Å². The lowest BCUT2D eigenvalue weighted by atomic mass is 9.95. The van der Waals surface area contributed by atoms with E-state index in [-0.39, 0.29) is 6.54 Å². The van der Waals surface area contributed by atoms with E-state index >= 15 is 0 Å². The summed E-state index contributed by atoms with van der Waals surface area (Å²) < 4.78 is 1.60. The largest absolute Gasteiger partial charge is 0.372 e. The Morgan fingerprint density at radius 2 is 1.95 bits per heavy atom. The second-order valence-corrected chi connectivity index (χ2v) is 10.6. The average Bonchev–Trinajstić information content (AvgIpc) is 2.89. The molecule has 0 bridgehead atoms. The summed E-state index contributed by atoms with van der Waals surface area (Å²) in [6.45, 7) is 6.73. The lowest BCUT2D eigenvalue weighted by Crippen LogP contribution is -2.31. The number of aliphatic hydroxyl groups is 1. The van der Waals surface area contributed by atoms with E-state index in [1.807, 2.05) is 30.3 Å². The van der Waals surface area contributed by atoms with E-state index in [9.17, 15) is 5.11 Å². The predicted octanol–water partition coefficient (Wildman–Crippen LogP) is 2.05. The molecule has 1 heterocycles. The second kappa shape index (κ2) is 5.61. The highest BCUT2D eigenvalue weighted by molar-refractivity contribution is 6.83. The van der Waals surface area contributed by atoms with E-state index in [1.165, 1.54) is 6.33 Å². The van der Waals surface area contributed by atoms with Gasteiger partial charge in [0.2, 0.25) is 0 Å². The van der Waals surface area contributed by atoms with Crippen LogP contribution in [0.5, 0.6) is 0 Å². The molecular weight excluding hydrogens is 266 g/mol. The van der Waals surface area contributed by atoms with Crippen LogP contribution in [0.15, 0.2) is 43.0 Å². The van der Waals surface area contributed by atoms with Gasteiger partial charge in [0.1, 0.15) is 20.7 Å². The van der Waals surface area contributed by atoms with Crippen LogP contribution in [0, 0.1) is 11.5 Å². The smallest absolute Gasteiger partial charge is 0.169 e. The van der Waals surface area contributed by atoms with Crippen LogP contribution in [0.1, 0.15) is 5.56 Å². The molecule has 1 atom stereocenters. The Balaban J connectivity index is 2.40. The van der Waals surface area contributed by atoms with Crippen LogP contribution < -0.4 is 0 Å². The zero-order chi connectivity index (χ0) is 14.6. The van der Waals surface area contributed by atoms with Crippen molar-refractivity contribution >= 4 is 8.07 Å².